The normalized spacial score (nSPS) is 14.8. The summed E-state index contributed by atoms with van der Waals surface area (Å²) in [5.74, 6) is 0.491. The number of hydrogen-bond donors (Lipinski definition) is 1. The van der Waals surface area contributed by atoms with E-state index in [2.05, 4.69) is 18.3 Å². The fraction of sp³-hybridized carbons (Fsp3) is 0.538. The minimum atomic E-state index is 0.281. The van der Waals surface area contributed by atoms with Crippen molar-refractivity contribution in [1.29, 1.82) is 0 Å². The van der Waals surface area contributed by atoms with Crippen LogP contribution in [0.2, 0.25) is 5.02 Å². The molecule has 0 aliphatic heterocycles. The molecule has 2 unspecified atom stereocenters. The van der Waals surface area contributed by atoms with E-state index in [-0.39, 0.29) is 6.04 Å². The second kappa shape index (κ2) is 6.89. The van der Waals surface area contributed by atoms with Crippen molar-refractivity contribution >= 4 is 11.6 Å². The fourth-order valence-electron chi connectivity index (χ4n) is 1.94. The molecule has 0 saturated carbocycles. The number of nitrogens with one attached hydrogen (secondary N) is 1. The molecule has 1 aromatic carbocycles. The van der Waals surface area contributed by atoms with Crippen molar-refractivity contribution in [2.45, 2.75) is 19.4 Å². The van der Waals surface area contributed by atoms with Crippen LogP contribution in [0, 0.1) is 5.92 Å². The molecule has 0 aliphatic rings. The highest BCUT2D eigenvalue weighted by atomic mass is 35.5. The van der Waals surface area contributed by atoms with Gasteiger partial charge in [-0.25, -0.2) is 0 Å². The van der Waals surface area contributed by atoms with Gasteiger partial charge in [0, 0.05) is 24.8 Å². The van der Waals surface area contributed by atoms with Crippen molar-refractivity contribution in [1.82, 2.24) is 5.32 Å². The van der Waals surface area contributed by atoms with Gasteiger partial charge in [0.2, 0.25) is 0 Å². The molecule has 1 N–H and O–H groups in total. The standard InChI is InChI=1S/C13H20ClNO/c1-10(8-9-16-3)13(15-2)11-6-4-5-7-12(11)14/h4-7,10,13,15H,8-9H2,1-3H3. The van der Waals surface area contributed by atoms with E-state index in [0.29, 0.717) is 5.92 Å². The number of benzene rings is 1. The summed E-state index contributed by atoms with van der Waals surface area (Å²) in [5, 5.41) is 4.15. The Morgan fingerprint density at radius 1 is 1.38 bits per heavy atom. The number of ether oxygens (including phenoxy) is 1. The molecule has 1 rings (SSSR count). The van der Waals surface area contributed by atoms with Crippen LogP contribution in [0.1, 0.15) is 24.9 Å². The van der Waals surface area contributed by atoms with E-state index in [1.807, 2.05) is 25.2 Å². The van der Waals surface area contributed by atoms with E-state index in [1.54, 1.807) is 7.11 Å². The Hall–Kier alpha value is -0.570. The maximum atomic E-state index is 6.20. The lowest BCUT2D eigenvalue weighted by Gasteiger charge is -2.24. The summed E-state index contributed by atoms with van der Waals surface area (Å²) < 4.78 is 5.11. The molecule has 3 heteroatoms. The third kappa shape index (κ3) is 3.48. The first-order valence-corrected chi connectivity index (χ1v) is 5.99. The van der Waals surface area contributed by atoms with Gasteiger partial charge in [-0.1, -0.05) is 36.7 Å². The van der Waals surface area contributed by atoms with Gasteiger partial charge in [0.05, 0.1) is 0 Å². The highest BCUT2D eigenvalue weighted by Gasteiger charge is 2.19. The largest absolute Gasteiger partial charge is 0.385 e. The second-order valence-corrected chi connectivity index (χ2v) is 4.45. The zero-order valence-electron chi connectivity index (χ0n) is 10.2. The molecule has 0 spiro atoms. The number of methoxy groups -OCH3 is 1. The van der Waals surface area contributed by atoms with Crippen molar-refractivity contribution in [2.75, 3.05) is 20.8 Å². The maximum Gasteiger partial charge on any atom is 0.0465 e. The minimum absolute atomic E-state index is 0.281. The van der Waals surface area contributed by atoms with Crippen LogP contribution in [-0.4, -0.2) is 20.8 Å². The third-order valence-electron chi connectivity index (χ3n) is 2.90. The summed E-state index contributed by atoms with van der Waals surface area (Å²) in [6, 6.07) is 8.27. The van der Waals surface area contributed by atoms with Crippen molar-refractivity contribution in [3.63, 3.8) is 0 Å². The molecule has 0 bridgehead atoms. The van der Waals surface area contributed by atoms with Crippen LogP contribution in [-0.2, 0) is 4.74 Å². The van der Waals surface area contributed by atoms with Crippen LogP contribution < -0.4 is 5.32 Å². The average Bonchev–Trinajstić information content (AvgIpc) is 2.30. The van der Waals surface area contributed by atoms with Gasteiger partial charge in [-0.05, 0) is 31.0 Å². The lowest BCUT2D eigenvalue weighted by Crippen LogP contribution is -2.24. The quantitative estimate of drug-likeness (QED) is 0.826. The van der Waals surface area contributed by atoms with Crippen LogP contribution >= 0.6 is 11.6 Å². The van der Waals surface area contributed by atoms with Crippen LogP contribution in [0.25, 0.3) is 0 Å². The van der Waals surface area contributed by atoms with Gasteiger partial charge in [0.1, 0.15) is 0 Å². The smallest absolute Gasteiger partial charge is 0.0465 e. The van der Waals surface area contributed by atoms with Crippen molar-refractivity contribution < 1.29 is 4.74 Å². The summed E-state index contributed by atoms with van der Waals surface area (Å²) in [4.78, 5) is 0. The zero-order chi connectivity index (χ0) is 12.0. The van der Waals surface area contributed by atoms with Gasteiger partial charge in [-0.15, -0.1) is 0 Å². The summed E-state index contributed by atoms with van der Waals surface area (Å²) >= 11 is 6.20. The van der Waals surface area contributed by atoms with E-state index >= 15 is 0 Å². The van der Waals surface area contributed by atoms with Crippen molar-refractivity contribution in [2.24, 2.45) is 5.92 Å². The summed E-state index contributed by atoms with van der Waals surface area (Å²) in [6.07, 6.45) is 1.02. The Morgan fingerprint density at radius 2 is 2.06 bits per heavy atom. The molecule has 1 aromatic rings. The number of halogens is 1. The van der Waals surface area contributed by atoms with Crippen LogP contribution in [0.15, 0.2) is 24.3 Å². The van der Waals surface area contributed by atoms with Crippen LogP contribution in [0.3, 0.4) is 0 Å². The van der Waals surface area contributed by atoms with Gasteiger partial charge in [0.15, 0.2) is 0 Å². The van der Waals surface area contributed by atoms with E-state index in [4.69, 9.17) is 16.3 Å². The Balaban J connectivity index is 2.77. The maximum absolute atomic E-state index is 6.20. The highest BCUT2D eigenvalue weighted by molar-refractivity contribution is 6.31. The van der Waals surface area contributed by atoms with Crippen molar-refractivity contribution in [3.05, 3.63) is 34.9 Å². The minimum Gasteiger partial charge on any atom is -0.385 e. The average molecular weight is 242 g/mol. The molecule has 90 valence electrons. The molecule has 2 nitrogen and oxygen atoms in total. The number of hydrogen-bond acceptors (Lipinski definition) is 2. The monoisotopic (exact) mass is 241 g/mol. The Labute approximate surface area is 103 Å². The molecule has 0 saturated heterocycles. The van der Waals surface area contributed by atoms with Gasteiger partial charge in [-0.2, -0.15) is 0 Å². The Bertz CT molecular complexity index is 317. The molecule has 0 fully saturated rings. The van der Waals surface area contributed by atoms with Crippen LogP contribution in [0.5, 0.6) is 0 Å². The van der Waals surface area contributed by atoms with Gasteiger partial charge < -0.3 is 10.1 Å². The molecule has 0 heterocycles. The molecular weight excluding hydrogens is 222 g/mol. The number of rotatable bonds is 6. The summed E-state index contributed by atoms with van der Waals surface area (Å²) in [7, 11) is 3.70. The first-order valence-electron chi connectivity index (χ1n) is 5.61. The molecule has 0 aromatic heterocycles. The summed E-state index contributed by atoms with van der Waals surface area (Å²) in [6.45, 7) is 2.99. The van der Waals surface area contributed by atoms with Gasteiger partial charge in [0.25, 0.3) is 0 Å². The molecule has 2 atom stereocenters. The van der Waals surface area contributed by atoms with E-state index in [9.17, 15) is 0 Å². The predicted octanol–water partition coefficient (Wildman–Crippen LogP) is 3.27. The molecule has 0 aliphatic carbocycles. The molecule has 16 heavy (non-hydrogen) atoms. The topological polar surface area (TPSA) is 21.3 Å². The highest BCUT2D eigenvalue weighted by Crippen LogP contribution is 2.29. The van der Waals surface area contributed by atoms with E-state index in [1.165, 1.54) is 0 Å². The summed E-state index contributed by atoms with van der Waals surface area (Å²) in [5.41, 5.74) is 1.16. The van der Waals surface area contributed by atoms with E-state index < -0.39 is 0 Å². The predicted molar refractivity (Wildman–Crippen MR) is 68.9 cm³/mol. The third-order valence-corrected chi connectivity index (χ3v) is 3.24. The first-order chi connectivity index (χ1) is 7.70. The van der Waals surface area contributed by atoms with Crippen molar-refractivity contribution in [3.8, 4) is 0 Å². The van der Waals surface area contributed by atoms with E-state index in [0.717, 1.165) is 23.6 Å². The lowest BCUT2D eigenvalue weighted by molar-refractivity contribution is 0.171. The molecular formula is C13H20ClNO. The van der Waals surface area contributed by atoms with Crippen LogP contribution in [0.4, 0.5) is 0 Å². The zero-order valence-corrected chi connectivity index (χ0v) is 10.9. The molecule has 0 radical (unpaired) electrons. The first kappa shape index (κ1) is 13.5. The van der Waals surface area contributed by atoms with Gasteiger partial charge in [-0.3, -0.25) is 0 Å². The van der Waals surface area contributed by atoms with Gasteiger partial charge >= 0.3 is 0 Å². The second-order valence-electron chi connectivity index (χ2n) is 4.05. The SMILES string of the molecule is CNC(c1ccccc1Cl)C(C)CCOC. The lowest BCUT2D eigenvalue weighted by atomic mass is 9.92. The molecule has 0 amide bonds. The Morgan fingerprint density at radius 3 is 2.62 bits per heavy atom. The fourth-order valence-corrected chi connectivity index (χ4v) is 2.20. The Kier molecular flexibility index (Phi) is 5.81.